The normalized spacial score (nSPS) is 14.4. The van der Waals surface area contributed by atoms with Crippen LogP contribution in [0.1, 0.15) is 25.1 Å². The standard InChI is InChI=1S/C23H32N6O6/c1-13(2)19(24)22(33)28-17(9-15-10-25-12-26-15)21(32)27-16(8-14-6-4-3-5-7-14)20(31)29-18(11-30)23(34)35/h3-7,10,12-13,16-19,30H,8-9,11,24H2,1-2H3,(H,25,26)(H,27,32)(H,28,33)(H,29,31)(H,34,35). The highest BCUT2D eigenvalue weighted by atomic mass is 16.4. The average Bonchev–Trinajstić information content (AvgIpc) is 3.34. The smallest absolute Gasteiger partial charge is 0.328 e. The number of aromatic nitrogens is 2. The van der Waals surface area contributed by atoms with Crippen molar-refractivity contribution in [2.75, 3.05) is 6.61 Å². The molecule has 0 aliphatic heterocycles. The van der Waals surface area contributed by atoms with Crippen LogP contribution in [-0.2, 0) is 32.0 Å². The molecule has 1 aromatic heterocycles. The molecule has 0 spiro atoms. The third-order valence-electron chi connectivity index (χ3n) is 5.35. The van der Waals surface area contributed by atoms with Gasteiger partial charge in [0.05, 0.1) is 19.0 Å². The van der Waals surface area contributed by atoms with Crippen LogP contribution >= 0.6 is 0 Å². The molecule has 0 saturated carbocycles. The predicted molar refractivity (Wildman–Crippen MR) is 126 cm³/mol. The van der Waals surface area contributed by atoms with E-state index in [0.717, 1.165) is 0 Å². The van der Waals surface area contributed by atoms with Crippen molar-refractivity contribution >= 4 is 23.7 Å². The van der Waals surface area contributed by atoms with Gasteiger partial charge in [-0.25, -0.2) is 9.78 Å². The molecule has 12 heteroatoms. The van der Waals surface area contributed by atoms with E-state index in [2.05, 4.69) is 25.9 Å². The lowest BCUT2D eigenvalue weighted by Crippen LogP contribution is -2.58. The number of hydrogen-bond acceptors (Lipinski definition) is 7. The van der Waals surface area contributed by atoms with Gasteiger partial charge in [-0.1, -0.05) is 44.2 Å². The van der Waals surface area contributed by atoms with Gasteiger partial charge in [0.15, 0.2) is 0 Å². The second-order valence-electron chi connectivity index (χ2n) is 8.44. The Morgan fingerprint density at radius 1 is 0.943 bits per heavy atom. The van der Waals surface area contributed by atoms with Gasteiger partial charge in [0.1, 0.15) is 18.1 Å². The molecule has 0 aliphatic carbocycles. The minimum Gasteiger partial charge on any atom is -0.480 e. The summed E-state index contributed by atoms with van der Waals surface area (Å²) in [4.78, 5) is 56.8. The number of benzene rings is 1. The number of H-pyrrole nitrogens is 1. The molecule has 0 aliphatic rings. The number of nitrogens with two attached hydrogens (primary N) is 1. The second-order valence-corrected chi connectivity index (χ2v) is 8.44. The van der Waals surface area contributed by atoms with E-state index < -0.39 is 54.5 Å². The van der Waals surface area contributed by atoms with Crippen molar-refractivity contribution in [1.82, 2.24) is 25.9 Å². The molecule has 4 unspecified atom stereocenters. The number of aliphatic carboxylic acids is 1. The number of nitrogens with zero attached hydrogens (tertiary/aromatic N) is 1. The van der Waals surface area contributed by atoms with Gasteiger partial charge in [-0.15, -0.1) is 0 Å². The van der Waals surface area contributed by atoms with E-state index in [4.69, 9.17) is 5.73 Å². The third kappa shape index (κ3) is 8.50. The largest absolute Gasteiger partial charge is 0.480 e. The number of carboxylic acid groups (broad SMARTS) is 1. The van der Waals surface area contributed by atoms with E-state index in [1.54, 1.807) is 44.2 Å². The molecule has 1 aromatic carbocycles. The number of aliphatic hydroxyl groups is 1. The maximum Gasteiger partial charge on any atom is 0.328 e. The van der Waals surface area contributed by atoms with E-state index in [0.29, 0.717) is 11.3 Å². The molecule has 0 radical (unpaired) electrons. The first-order chi connectivity index (χ1) is 16.6. The van der Waals surface area contributed by atoms with Crippen molar-refractivity contribution in [3.63, 3.8) is 0 Å². The summed E-state index contributed by atoms with van der Waals surface area (Å²) in [5.74, 6) is -3.59. The third-order valence-corrected chi connectivity index (χ3v) is 5.35. The summed E-state index contributed by atoms with van der Waals surface area (Å²) in [6.07, 6.45) is 3.03. The second kappa shape index (κ2) is 13.2. The summed E-state index contributed by atoms with van der Waals surface area (Å²) in [6, 6.07) is 4.14. The van der Waals surface area contributed by atoms with Crippen LogP contribution in [0.4, 0.5) is 0 Å². The van der Waals surface area contributed by atoms with Gasteiger partial charge in [-0.3, -0.25) is 14.4 Å². The first-order valence-electron chi connectivity index (χ1n) is 11.1. The lowest BCUT2D eigenvalue weighted by molar-refractivity contribution is -0.143. The molecule has 0 fully saturated rings. The molecule has 3 amide bonds. The van der Waals surface area contributed by atoms with Gasteiger partial charge in [0.25, 0.3) is 0 Å². The molecule has 2 aromatic rings. The zero-order valence-corrected chi connectivity index (χ0v) is 19.6. The van der Waals surface area contributed by atoms with Gasteiger partial charge < -0.3 is 36.9 Å². The highest BCUT2D eigenvalue weighted by Crippen LogP contribution is 2.07. The van der Waals surface area contributed by atoms with Crippen LogP contribution in [0.5, 0.6) is 0 Å². The molecule has 8 N–H and O–H groups in total. The predicted octanol–water partition coefficient (Wildman–Crippen LogP) is -1.29. The first-order valence-corrected chi connectivity index (χ1v) is 11.1. The van der Waals surface area contributed by atoms with Crippen molar-refractivity contribution in [3.8, 4) is 0 Å². The molecule has 0 saturated heterocycles. The SMILES string of the molecule is CC(C)C(N)C(=O)NC(Cc1cnc[nH]1)C(=O)NC(Cc1ccccc1)C(=O)NC(CO)C(=O)O. The summed E-state index contributed by atoms with van der Waals surface area (Å²) in [6.45, 7) is 2.72. The quantitative estimate of drug-likeness (QED) is 0.180. The number of carbonyl (C=O) groups is 4. The van der Waals surface area contributed by atoms with Crippen molar-refractivity contribution < 1.29 is 29.4 Å². The van der Waals surface area contributed by atoms with E-state index in [-0.39, 0.29) is 18.8 Å². The van der Waals surface area contributed by atoms with Gasteiger partial charge in [-0.2, -0.15) is 0 Å². The summed E-state index contributed by atoms with van der Waals surface area (Å²) in [5, 5.41) is 25.9. The first kappa shape index (κ1) is 27.5. The number of rotatable bonds is 13. The summed E-state index contributed by atoms with van der Waals surface area (Å²) >= 11 is 0. The minimum absolute atomic E-state index is 0.0480. The van der Waals surface area contributed by atoms with Gasteiger partial charge in [-0.05, 0) is 11.5 Å². The van der Waals surface area contributed by atoms with E-state index in [1.807, 2.05) is 0 Å². The maximum absolute atomic E-state index is 13.2. The Kier molecular flexibility index (Phi) is 10.4. The van der Waals surface area contributed by atoms with Crippen molar-refractivity contribution in [1.29, 1.82) is 0 Å². The number of aliphatic hydroxyl groups excluding tert-OH is 1. The molecule has 12 nitrogen and oxygen atoms in total. The Balaban J connectivity index is 2.25. The number of imidazole rings is 1. The average molecular weight is 489 g/mol. The number of hydrogen-bond donors (Lipinski definition) is 7. The van der Waals surface area contributed by atoms with Crippen LogP contribution in [-0.4, -0.2) is 74.6 Å². The lowest BCUT2D eigenvalue weighted by atomic mass is 10.0. The van der Waals surface area contributed by atoms with Gasteiger partial charge in [0, 0.05) is 24.7 Å². The Labute approximate surface area is 202 Å². The number of aromatic amines is 1. The Hall–Kier alpha value is -3.77. The fourth-order valence-electron chi connectivity index (χ4n) is 3.19. The molecule has 1 heterocycles. The maximum atomic E-state index is 13.2. The molecule has 4 atom stereocenters. The Morgan fingerprint density at radius 3 is 2.03 bits per heavy atom. The van der Waals surface area contributed by atoms with Crippen molar-refractivity contribution in [2.24, 2.45) is 11.7 Å². The highest BCUT2D eigenvalue weighted by Gasteiger charge is 2.31. The fourth-order valence-corrected chi connectivity index (χ4v) is 3.19. The van der Waals surface area contributed by atoms with E-state index in [9.17, 15) is 29.4 Å². The van der Waals surface area contributed by atoms with Crippen LogP contribution in [0.25, 0.3) is 0 Å². The van der Waals surface area contributed by atoms with Gasteiger partial charge >= 0.3 is 5.97 Å². The summed E-state index contributed by atoms with van der Waals surface area (Å²) < 4.78 is 0. The lowest BCUT2D eigenvalue weighted by Gasteiger charge is -2.25. The van der Waals surface area contributed by atoms with Crippen LogP contribution in [0.2, 0.25) is 0 Å². The summed E-state index contributed by atoms with van der Waals surface area (Å²) in [5.41, 5.74) is 7.20. The summed E-state index contributed by atoms with van der Waals surface area (Å²) in [7, 11) is 0. The number of nitrogens with one attached hydrogen (secondary N) is 4. The van der Waals surface area contributed by atoms with E-state index >= 15 is 0 Å². The van der Waals surface area contributed by atoms with Crippen LogP contribution in [0, 0.1) is 5.92 Å². The number of carbonyl (C=O) groups excluding carboxylic acids is 3. The monoisotopic (exact) mass is 488 g/mol. The molecule has 0 bridgehead atoms. The molecule has 35 heavy (non-hydrogen) atoms. The topological polar surface area (TPSA) is 200 Å². The van der Waals surface area contributed by atoms with Crippen molar-refractivity contribution in [2.45, 2.75) is 50.9 Å². The zero-order valence-electron chi connectivity index (χ0n) is 19.6. The minimum atomic E-state index is -1.54. The van der Waals surface area contributed by atoms with Gasteiger partial charge in [0.2, 0.25) is 17.7 Å². The Morgan fingerprint density at radius 2 is 1.51 bits per heavy atom. The zero-order chi connectivity index (χ0) is 26.0. The Bertz CT molecular complexity index is 982. The molecular formula is C23H32N6O6. The number of amides is 3. The number of carboxylic acids is 1. The highest BCUT2D eigenvalue weighted by molar-refractivity contribution is 5.94. The van der Waals surface area contributed by atoms with Crippen LogP contribution in [0.15, 0.2) is 42.9 Å². The molecule has 190 valence electrons. The molecular weight excluding hydrogens is 456 g/mol. The van der Waals surface area contributed by atoms with Crippen LogP contribution < -0.4 is 21.7 Å². The van der Waals surface area contributed by atoms with E-state index in [1.165, 1.54) is 12.5 Å². The van der Waals surface area contributed by atoms with Crippen molar-refractivity contribution in [3.05, 3.63) is 54.1 Å². The fraction of sp³-hybridized carbons (Fsp3) is 0.435. The molecule has 2 rings (SSSR count). The van der Waals surface area contributed by atoms with Crippen LogP contribution in [0.3, 0.4) is 0 Å².